The lowest BCUT2D eigenvalue weighted by Crippen LogP contribution is -2.34. The number of benzene rings is 2. The molecule has 0 radical (unpaired) electrons. The highest BCUT2D eigenvalue weighted by atomic mass is 35.5. The monoisotopic (exact) mass is 468 g/mol. The quantitative estimate of drug-likeness (QED) is 0.483. The Morgan fingerprint density at radius 1 is 1.10 bits per heavy atom. The number of hydrogen-bond acceptors (Lipinski definition) is 5. The zero-order valence-corrected chi connectivity index (χ0v) is 18.2. The molecule has 1 heterocycles. The van der Waals surface area contributed by atoms with Crippen LogP contribution >= 0.6 is 23.2 Å². The Bertz CT molecular complexity index is 1130. The molecule has 0 atom stereocenters. The van der Waals surface area contributed by atoms with Gasteiger partial charge in [-0.15, -0.1) is 0 Å². The highest BCUT2D eigenvalue weighted by molar-refractivity contribution is 7.86. The predicted octanol–water partition coefficient (Wildman–Crippen LogP) is 5.16. The molecule has 3 aromatic rings. The fourth-order valence-electron chi connectivity index (χ4n) is 2.68. The molecule has 0 aliphatic rings. The summed E-state index contributed by atoms with van der Waals surface area (Å²) in [6, 6.07) is 14.4. The van der Waals surface area contributed by atoms with Crippen molar-refractivity contribution < 1.29 is 21.8 Å². The van der Waals surface area contributed by atoms with E-state index in [1.54, 1.807) is 48.5 Å². The number of carbonyl (C=O) groups is 1. The van der Waals surface area contributed by atoms with Crippen molar-refractivity contribution >= 4 is 45.0 Å². The summed E-state index contributed by atoms with van der Waals surface area (Å²) in [5.74, 6) is 0.733. The maximum atomic E-state index is 13.0. The molecule has 0 spiro atoms. The van der Waals surface area contributed by atoms with Gasteiger partial charge >= 0.3 is 16.1 Å². The number of rotatable bonds is 7. The standard InChI is InChI=1S/C20H18Cl2N2O5S/c1-30(26,27)29-15-6-2-5-14(11-15)12-24(13-16-7-4-10-28-16)20(25)23-18-9-3-8-17(21)19(18)22/h2-11H,12-13H2,1H3,(H,23,25). The van der Waals surface area contributed by atoms with Crippen LogP contribution in [0, 0.1) is 0 Å². The number of amides is 2. The van der Waals surface area contributed by atoms with Crippen molar-refractivity contribution in [3.8, 4) is 5.75 Å². The van der Waals surface area contributed by atoms with Crippen LogP contribution in [0.2, 0.25) is 10.0 Å². The van der Waals surface area contributed by atoms with Gasteiger partial charge in [-0.2, -0.15) is 8.42 Å². The maximum Gasteiger partial charge on any atom is 0.322 e. The van der Waals surface area contributed by atoms with Crippen molar-refractivity contribution in [3.63, 3.8) is 0 Å². The van der Waals surface area contributed by atoms with E-state index in [-0.39, 0.29) is 23.9 Å². The Morgan fingerprint density at radius 3 is 2.57 bits per heavy atom. The lowest BCUT2D eigenvalue weighted by atomic mass is 10.2. The summed E-state index contributed by atoms with van der Waals surface area (Å²) in [4.78, 5) is 14.4. The van der Waals surface area contributed by atoms with E-state index >= 15 is 0 Å². The van der Waals surface area contributed by atoms with Crippen molar-refractivity contribution in [2.24, 2.45) is 0 Å². The third kappa shape index (κ3) is 6.16. The zero-order valence-electron chi connectivity index (χ0n) is 15.8. The van der Waals surface area contributed by atoms with Crippen molar-refractivity contribution in [1.82, 2.24) is 4.90 Å². The second-order valence-electron chi connectivity index (χ2n) is 6.40. The molecule has 0 fully saturated rings. The van der Waals surface area contributed by atoms with Crippen LogP contribution in [0.15, 0.2) is 65.3 Å². The van der Waals surface area contributed by atoms with Crippen molar-refractivity contribution in [2.45, 2.75) is 13.1 Å². The van der Waals surface area contributed by atoms with Crippen LogP contribution in [0.25, 0.3) is 0 Å². The summed E-state index contributed by atoms with van der Waals surface area (Å²) in [5, 5.41) is 3.29. The number of anilines is 1. The number of furan rings is 1. The maximum absolute atomic E-state index is 13.0. The molecule has 0 bridgehead atoms. The van der Waals surface area contributed by atoms with Gasteiger partial charge in [0.25, 0.3) is 0 Å². The number of carbonyl (C=O) groups excluding carboxylic acids is 1. The van der Waals surface area contributed by atoms with Gasteiger partial charge in [-0.05, 0) is 42.0 Å². The summed E-state index contributed by atoms with van der Waals surface area (Å²) in [7, 11) is -3.66. The number of nitrogens with one attached hydrogen (secondary N) is 1. The summed E-state index contributed by atoms with van der Waals surface area (Å²) in [6.07, 6.45) is 2.48. The number of nitrogens with zero attached hydrogens (tertiary/aromatic N) is 1. The Hall–Kier alpha value is -2.68. The van der Waals surface area contributed by atoms with E-state index in [0.717, 1.165) is 6.26 Å². The average molecular weight is 469 g/mol. The van der Waals surface area contributed by atoms with Crippen molar-refractivity contribution in [3.05, 3.63) is 82.2 Å². The molecule has 0 aliphatic carbocycles. The Labute approximate surface area is 184 Å². The first-order chi connectivity index (χ1) is 14.2. The summed E-state index contributed by atoms with van der Waals surface area (Å²) in [5.41, 5.74) is 1.03. The number of hydrogen-bond donors (Lipinski definition) is 1. The molecule has 2 aromatic carbocycles. The van der Waals surface area contributed by atoms with E-state index in [9.17, 15) is 13.2 Å². The Balaban J connectivity index is 1.83. The topological polar surface area (TPSA) is 88.9 Å². The third-order valence-electron chi connectivity index (χ3n) is 3.93. The minimum Gasteiger partial charge on any atom is -0.467 e. The number of halogens is 2. The molecule has 30 heavy (non-hydrogen) atoms. The van der Waals surface area contributed by atoms with Crippen LogP contribution in [0.1, 0.15) is 11.3 Å². The normalized spacial score (nSPS) is 11.2. The first-order valence-corrected chi connectivity index (χ1v) is 11.3. The van der Waals surface area contributed by atoms with Gasteiger partial charge in [0.1, 0.15) is 11.5 Å². The largest absolute Gasteiger partial charge is 0.467 e. The van der Waals surface area contributed by atoms with Crippen LogP contribution in [0.4, 0.5) is 10.5 Å². The molecule has 0 saturated heterocycles. The van der Waals surface area contributed by atoms with Gasteiger partial charge in [0.15, 0.2) is 0 Å². The van der Waals surface area contributed by atoms with Crippen molar-refractivity contribution in [1.29, 1.82) is 0 Å². The van der Waals surface area contributed by atoms with E-state index in [4.69, 9.17) is 31.8 Å². The average Bonchev–Trinajstić information content (AvgIpc) is 3.17. The van der Waals surface area contributed by atoms with E-state index in [1.807, 2.05) is 0 Å². The fourth-order valence-corrected chi connectivity index (χ4v) is 3.48. The van der Waals surface area contributed by atoms with E-state index in [2.05, 4.69) is 5.32 Å². The molecule has 1 N–H and O–H groups in total. The molecule has 2 amide bonds. The molecule has 0 saturated carbocycles. The third-order valence-corrected chi connectivity index (χ3v) is 5.24. The predicted molar refractivity (Wildman–Crippen MR) is 115 cm³/mol. The van der Waals surface area contributed by atoms with Gasteiger partial charge in [0.05, 0.1) is 34.8 Å². The van der Waals surface area contributed by atoms with Gasteiger partial charge in [-0.3, -0.25) is 0 Å². The van der Waals surface area contributed by atoms with E-state index < -0.39 is 16.1 Å². The minimum absolute atomic E-state index is 0.158. The summed E-state index contributed by atoms with van der Waals surface area (Å²) < 4.78 is 33.0. The molecule has 1 aromatic heterocycles. The molecule has 0 aliphatic heterocycles. The SMILES string of the molecule is CS(=O)(=O)Oc1cccc(CN(Cc2ccco2)C(=O)Nc2cccc(Cl)c2Cl)c1. The lowest BCUT2D eigenvalue weighted by Gasteiger charge is -2.23. The summed E-state index contributed by atoms with van der Waals surface area (Å²) >= 11 is 12.2. The van der Waals surface area contributed by atoms with Gasteiger partial charge < -0.3 is 18.8 Å². The van der Waals surface area contributed by atoms with Gasteiger partial charge in [-0.1, -0.05) is 41.4 Å². The second kappa shape index (κ2) is 9.42. The van der Waals surface area contributed by atoms with E-state index in [1.165, 1.54) is 17.2 Å². The highest BCUT2D eigenvalue weighted by Gasteiger charge is 2.18. The molecule has 158 valence electrons. The Morgan fingerprint density at radius 2 is 1.87 bits per heavy atom. The first-order valence-electron chi connectivity index (χ1n) is 8.72. The van der Waals surface area contributed by atoms with Gasteiger partial charge in [0.2, 0.25) is 0 Å². The summed E-state index contributed by atoms with van der Waals surface area (Å²) in [6.45, 7) is 0.333. The van der Waals surface area contributed by atoms with Crippen LogP contribution < -0.4 is 9.50 Å². The molecule has 3 rings (SSSR count). The highest BCUT2D eigenvalue weighted by Crippen LogP contribution is 2.30. The minimum atomic E-state index is -3.66. The molecular formula is C20H18Cl2N2O5S. The molecule has 10 heteroatoms. The first kappa shape index (κ1) is 22.0. The van der Waals surface area contributed by atoms with Crippen molar-refractivity contribution in [2.75, 3.05) is 11.6 Å². The van der Waals surface area contributed by atoms with Gasteiger partial charge in [-0.25, -0.2) is 4.79 Å². The smallest absolute Gasteiger partial charge is 0.322 e. The molecular weight excluding hydrogens is 451 g/mol. The molecule has 7 nitrogen and oxygen atoms in total. The zero-order chi connectivity index (χ0) is 21.7. The van der Waals surface area contributed by atoms with Gasteiger partial charge in [0, 0.05) is 6.54 Å². The van der Waals surface area contributed by atoms with Crippen LogP contribution in [-0.4, -0.2) is 25.6 Å². The fraction of sp³-hybridized carbons (Fsp3) is 0.150. The van der Waals surface area contributed by atoms with E-state index in [0.29, 0.717) is 22.0 Å². The molecule has 0 unspecified atom stereocenters. The van der Waals surface area contributed by atoms with Crippen LogP contribution in [0.5, 0.6) is 5.75 Å². The lowest BCUT2D eigenvalue weighted by molar-refractivity contribution is 0.201. The van der Waals surface area contributed by atoms with Crippen LogP contribution in [-0.2, 0) is 23.2 Å². The second-order valence-corrected chi connectivity index (χ2v) is 8.76. The van der Waals surface area contributed by atoms with Crippen LogP contribution in [0.3, 0.4) is 0 Å². The number of urea groups is 1. The Kier molecular flexibility index (Phi) is 6.91.